The van der Waals surface area contributed by atoms with Crippen molar-refractivity contribution in [3.63, 3.8) is 0 Å². The van der Waals surface area contributed by atoms with Gasteiger partial charge in [-0.05, 0) is 11.6 Å². The second-order valence-electron chi connectivity index (χ2n) is 5.70. The number of rotatable bonds is 3. The molecule has 4 nitrogen and oxygen atoms in total. The van der Waals surface area contributed by atoms with E-state index in [0.717, 1.165) is 40.4 Å². The van der Waals surface area contributed by atoms with Gasteiger partial charge >= 0.3 is 0 Å². The minimum absolute atomic E-state index is 0.0760. The highest BCUT2D eigenvalue weighted by molar-refractivity contribution is 6.09. The molecule has 2 aromatic carbocycles. The fraction of sp³-hybridized carbons (Fsp3) is 0.211. The van der Waals surface area contributed by atoms with Crippen LogP contribution in [0.15, 0.2) is 54.2 Å². The Morgan fingerprint density at radius 1 is 1.22 bits per heavy atom. The molecule has 0 saturated heterocycles. The number of carbonyl (C=O) groups is 1. The molecule has 0 radical (unpaired) electrons. The minimum Gasteiger partial charge on any atom is -0.497 e. The number of ketones is 1. The molecule has 116 valence electrons. The van der Waals surface area contributed by atoms with E-state index in [0.29, 0.717) is 13.0 Å². The van der Waals surface area contributed by atoms with Crippen molar-refractivity contribution in [2.45, 2.75) is 6.42 Å². The van der Waals surface area contributed by atoms with Crippen molar-refractivity contribution < 1.29 is 14.3 Å². The minimum atomic E-state index is 0.0760. The number of ether oxygens (including phenoxy) is 2. The summed E-state index contributed by atoms with van der Waals surface area (Å²) in [6, 6.07) is 13.3. The fourth-order valence-corrected chi connectivity index (χ4v) is 3.17. The van der Waals surface area contributed by atoms with Crippen LogP contribution in [0.3, 0.4) is 0 Å². The third-order valence-corrected chi connectivity index (χ3v) is 4.26. The van der Waals surface area contributed by atoms with Gasteiger partial charge in [0.1, 0.15) is 18.1 Å². The van der Waals surface area contributed by atoms with Crippen molar-refractivity contribution in [2.75, 3.05) is 25.2 Å². The van der Waals surface area contributed by atoms with Gasteiger partial charge < -0.3 is 14.4 Å². The Hall–Kier alpha value is -2.75. The van der Waals surface area contributed by atoms with Gasteiger partial charge in [-0.1, -0.05) is 30.3 Å². The zero-order valence-corrected chi connectivity index (χ0v) is 12.9. The van der Waals surface area contributed by atoms with Gasteiger partial charge in [0.25, 0.3) is 0 Å². The second-order valence-corrected chi connectivity index (χ2v) is 5.70. The lowest BCUT2D eigenvalue weighted by Crippen LogP contribution is -2.32. The van der Waals surface area contributed by atoms with E-state index < -0.39 is 0 Å². The van der Waals surface area contributed by atoms with E-state index in [2.05, 4.69) is 4.90 Å². The van der Waals surface area contributed by atoms with Gasteiger partial charge in [-0.25, -0.2) is 0 Å². The number of Topliss-reactive ketones (excluding diaryl/α,β-unsaturated/α-hetero) is 1. The Labute approximate surface area is 134 Å². The van der Waals surface area contributed by atoms with Crippen LogP contribution >= 0.6 is 0 Å². The molecule has 0 fully saturated rings. The molecule has 0 aromatic heterocycles. The smallest absolute Gasteiger partial charge is 0.190 e. The average molecular weight is 307 g/mol. The predicted molar refractivity (Wildman–Crippen MR) is 88.4 cm³/mol. The maximum Gasteiger partial charge on any atom is 0.190 e. The summed E-state index contributed by atoms with van der Waals surface area (Å²) in [7, 11) is 1.64. The van der Waals surface area contributed by atoms with Gasteiger partial charge in [0.05, 0.1) is 19.3 Å². The van der Waals surface area contributed by atoms with Crippen molar-refractivity contribution in [1.29, 1.82) is 0 Å². The molecular weight excluding hydrogens is 290 g/mol. The summed E-state index contributed by atoms with van der Waals surface area (Å²) in [5, 5.41) is 0. The first-order chi connectivity index (χ1) is 11.3. The van der Waals surface area contributed by atoms with Crippen LogP contribution in [0.25, 0.3) is 0 Å². The van der Waals surface area contributed by atoms with Crippen molar-refractivity contribution in [1.82, 2.24) is 0 Å². The van der Waals surface area contributed by atoms with Gasteiger partial charge in [0.2, 0.25) is 0 Å². The highest BCUT2D eigenvalue weighted by atomic mass is 16.5. The Morgan fingerprint density at radius 3 is 2.83 bits per heavy atom. The summed E-state index contributed by atoms with van der Waals surface area (Å²) in [5.74, 6) is 1.66. The third kappa shape index (κ3) is 2.36. The van der Waals surface area contributed by atoms with Gasteiger partial charge in [-0.15, -0.1) is 0 Å². The largest absolute Gasteiger partial charge is 0.497 e. The zero-order valence-electron chi connectivity index (χ0n) is 12.9. The van der Waals surface area contributed by atoms with Gasteiger partial charge in [-0.2, -0.15) is 0 Å². The number of nitrogens with zero attached hydrogens (tertiary/aromatic N) is 1. The van der Waals surface area contributed by atoms with E-state index in [1.807, 2.05) is 48.7 Å². The van der Waals surface area contributed by atoms with Gasteiger partial charge in [0.15, 0.2) is 5.78 Å². The lowest BCUT2D eigenvalue weighted by molar-refractivity contribution is 0.103. The summed E-state index contributed by atoms with van der Waals surface area (Å²) in [6.07, 6.45) is 2.56. The van der Waals surface area contributed by atoms with Crippen molar-refractivity contribution >= 4 is 11.5 Å². The third-order valence-electron chi connectivity index (χ3n) is 4.26. The van der Waals surface area contributed by atoms with Crippen LogP contribution in [0.2, 0.25) is 0 Å². The molecule has 2 heterocycles. The van der Waals surface area contributed by atoms with E-state index in [1.165, 1.54) is 0 Å². The van der Waals surface area contributed by atoms with Gasteiger partial charge in [-0.3, -0.25) is 4.79 Å². The molecule has 2 aromatic rings. The van der Waals surface area contributed by atoms with Crippen LogP contribution in [-0.2, 0) is 6.42 Å². The monoisotopic (exact) mass is 307 g/mol. The molecule has 0 aliphatic carbocycles. The Morgan fingerprint density at radius 2 is 2.04 bits per heavy atom. The maximum atomic E-state index is 12.8. The number of benzene rings is 2. The molecule has 4 heteroatoms. The molecule has 0 bridgehead atoms. The van der Waals surface area contributed by atoms with E-state index >= 15 is 0 Å². The molecule has 0 N–H and O–H groups in total. The SMILES string of the molecule is COc1cc2c3c(c1)OCCN3C=C(C(=O)c1ccccc1)C2. The normalized spacial score (nSPS) is 15.3. The second kappa shape index (κ2) is 5.47. The highest BCUT2D eigenvalue weighted by Crippen LogP contribution is 2.42. The fourth-order valence-electron chi connectivity index (χ4n) is 3.17. The van der Waals surface area contributed by atoms with E-state index in [1.54, 1.807) is 7.11 Å². The standard InChI is InChI=1S/C19H17NO3/c1-22-16-10-14-9-15(19(21)13-5-3-2-4-6-13)12-20-7-8-23-17(11-16)18(14)20/h2-6,10-12H,7-9H2,1H3. The van der Waals surface area contributed by atoms with E-state index in [-0.39, 0.29) is 5.78 Å². The number of hydrogen-bond acceptors (Lipinski definition) is 4. The number of allylic oxidation sites excluding steroid dienone is 1. The van der Waals surface area contributed by atoms with Crippen LogP contribution in [0.1, 0.15) is 15.9 Å². The van der Waals surface area contributed by atoms with E-state index in [4.69, 9.17) is 9.47 Å². The number of carbonyl (C=O) groups excluding carboxylic acids is 1. The summed E-state index contributed by atoms with van der Waals surface area (Å²) in [4.78, 5) is 14.9. The van der Waals surface area contributed by atoms with E-state index in [9.17, 15) is 4.79 Å². The molecule has 0 saturated carbocycles. The van der Waals surface area contributed by atoms with Crippen LogP contribution in [-0.4, -0.2) is 26.0 Å². The molecule has 2 aliphatic heterocycles. The Balaban J connectivity index is 1.75. The summed E-state index contributed by atoms with van der Waals surface area (Å²) < 4.78 is 11.1. The van der Waals surface area contributed by atoms with Crippen LogP contribution in [0.5, 0.6) is 11.5 Å². The molecule has 23 heavy (non-hydrogen) atoms. The lowest BCUT2D eigenvalue weighted by atomic mass is 9.93. The first-order valence-electron chi connectivity index (χ1n) is 7.67. The zero-order chi connectivity index (χ0) is 15.8. The Kier molecular flexibility index (Phi) is 3.30. The molecule has 4 rings (SSSR count). The molecular formula is C19H17NO3. The summed E-state index contributed by atoms with van der Waals surface area (Å²) in [6.45, 7) is 1.35. The molecule has 2 aliphatic rings. The first-order valence-corrected chi connectivity index (χ1v) is 7.67. The van der Waals surface area contributed by atoms with Crippen LogP contribution < -0.4 is 14.4 Å². The number of hydrogen-bond donors (Lipinski definition) is 0. The topological polar surface area (TPSA) is 38.8 Å². The summed E-state index contributed by atoms with van der Waals surface area (Å²) >= 11 is 0. The maximum absolute atomic E-state index is 12.8. The predicted octanol–water partition coefficient (Wildman–Crippen LogP) is 3.22. The number of methoxy groups -OCH3 is 1. The van der Waals surface area contributed by atoms with Crippen molar-refractivity contribution in [3.8, 4) is 11.5 Å². The summed E-state index contributed by atoms with van der Waals surface area (Å²) in [5.41, 5.74) is 3.64. The molecule has 0 spiro atoms. The average Bonchev–Trinajstić information content (AvgIpc) is 2.61. The molecule has 0 atom stereocenters. The number of anilines is 1. The van der Waals surface area contributed by atoms with Crippen LogP contribution in [0.4, 0.5) is 5.69 Å². The molecule has 0 unspecified atom stereocenters. The van der Waals surface area contributed by atoms with Gasteiger partial charge in [0, 0.05) is 29.8 Å². The van der Waals surface area contributed by atoms with Crippen LogP contribution in [0, 0.1) is 0 Å². The quantitative estimate of drug-likeness (QED) is 0.816. The van der Waals surface area contributed by atoms with Crippen molar-refractivity contribution in [3.05, 3.63) is 65.4 Å². The lowest BCUT2D eigenvalue weighted by Gasteiger charge is -2.34. The highest BCUT2D eigenvalue weighted by Gasteiger charge is 2.28. The Bertz CT molecular complexity index is 796. The van der Waals surface area contributed by atoms with Crippen molar-refractivity contribution in [2.24, 2.45) is 0 Å². The first kappa shape index (κ1) is 13.9. The molecule has 0 amide bonds.